The van der Waals surface area contributed by atoms with Gasteiger partial charge in [0, 0.05) is 42.9 Å². The first kappa shape index (κ1) is 25.7. The van der Waals surface area contributed by atoms with Crippen LogP contribution in [-0.4, -0.2) is 53.3 Å². The number of rotatable bonds is 6. The lowest BCUT2D eigenvalue weighted by atomic mass is 9.66. The highest BCUT2D eigenvalue weighted by Gasteiger charge is 2.77. The van der Waals surface area contributed by atoms with E-state index in [1.807, 2.05) is 42.5 Å². The quantitative estimate of drug-likeness (QED) is 0.464. The molecule has 3 aromatic carbocycles. The van der Waals surface area contributed by atoms with Crippen LogP contribution in [-0.2, 0) is 19.1 Å². The minimum Gasteiger partial charge on any atom is -0.493 e. The molecule has 4 aliphatic heterocycles. The van der Waals surface area contributed by atoms with Gasteiger partial charge in [-0.25, -0.2) is 4.90 Å². The zero-order chi connectivity index (χ0) is 28.5. The van der Waals surface area contributed by atoms with Crippen LogP contribution in [0.3, 0.4) is 0 Å². The minimum atomic E-state index is -1.23. The summed E-state index contributed by atoms with van der Waals surface area (Å²) in [7, 11) is 0. The van der Waals surface area contributed by atoms with Crippen LogP contribution in [0.2, 0.25) is 0 Å². The number of hydrogen-bond donors (Lipinski definition) is 1. The maximum atomic E-state index is 14.1. The molecule has 41 heavy (non-hydrogen) atoms. The van der Waals surface area contributed by atoms with Crippen molar-refractivity contribution < 1.29 is 29.0 Å². The summed E-state index contributed by atoms with van der Waals surface area (Å²) in [4.78, 5) is 43.0. The Bertz CT molecular complexity index is 1660. The third-order valence-corrected chi connectivity index (χ3v) is 9.37. The fraction of sp³-hybridized carbons (Fsp3) is 0.375. The molecule has 5 atom stereocenters. The molecule has 1 N–H and O–H groups in total. The van der Waals surface area contributed by atoms with Crippen molar-refractivity contribution in [1.82, 2.24) is 0 Å². The molecule has 4 saturated heterocycles. The maximum absolute atomic E-state index is 14.1. The maximum Gasteiger partial charge on any atom is 0.240 e. The number of benzene rings is 3. The SMILES string of the molecule is CC12OC(CCOc3cccc(N4CCCC4=O)c3)(CC1O)C1C(=O)N(c3ccc4ccccc4c3C#N)C(=O)C12. The van der Waals surface area contributed by atoms with Gasteiger partial charge < -0.3 is 19.5 Å². The van der Waals surface area contributed by atoms with Gasteiger partial charge in [0.15, 0.2) is 0 Å². The summed E-state index contributed by atoms with van der Waals surface area (Å²) in [5.74, 6) is -1.89. The van der Waals surface area contributed by atoms with E-state index in [9.17, 15) is 24.8 Å². The number of ether oxygens (including phenoxy) is 2. The van der Waals surface area contributed by atoms with Crippen molar-refractivity contribution in [3.05, 3.63) is 66.2 Å². The Morgan fingerprint density at radius 2 is 1.88 bits per heavy atom. The van der Waals surface area contributed by atoms with E-state index in [4.69, 9.17) is 9.47 Å². The number of aliphatic hydroxyl groups is 1. The highest BCUT2D eigenvalue weighted by Crippen LogP contribution is 2.62. The van der Waals surface area contributed by atoms with Gasteiger partial charge in [0.05, 0.1) is 41.4 Å². The number of imide groups is 1. The average molecular weight is 552 g/mol. The number of amides is 3. The topological polar surface area (TPSA) is 120 Å². The van der Waals surface area contributed by atoms with E-state index in [0.717, 1.165) is 22.4 Å². The van der Waals surface area contributed by atoms with Crippen LogP contribution in [0.4, 0.5) is 11.4 Å². The molecule has 0 aliphatic carbocycles. The number of hydrogen-bond acceptors (Lipinski definition) is 7. The van der Waals surface area contributed by atoms with E-state index < -0.39 is 41.0 Å². The first-order valence-electron chi connectivity index (χ1n) is 14.0. The van der Waals surface area contributed by atoms with Gasteiger partial charge in [-0.3, -0.25) is 14.4 Å². The molecule has 3 amide bonds. The van der Waals surface area contributed by atoms with Crippen molar-refractivity contribution in [1.29, 1.82) is 5.26 Å². The van der Waals surface area contributed by atoms with E-state index in [1.54, 1.807) is 30.0 Å². The second kappa shape index (κ2) is 9.13. The lowest BCUT2D eigenvalue weighted by Gasteiger charge is -2.33. The lowest BCUT2D eigenvalue weighted by molar-refractivity contribution is -0.134. The predicted octanol–water partition coefficient (Wildman–Crippen LogP) is 3.71. The summed E-state index contributed by atoms with van der Waals surface area (Å²) in [6.45, 7) is 2.56. The van der Waals surface area contributed by atoms with Crippen LogP contribution in [0.25, 0.3) is 10.8 Å². The van der Waals surface area contributed by atoms with Crippen molar-refractivity contribution >= 4 is 39.9 Å². The van der Waals surface area contributed by atoms with E-state index in [-0.39, 0.29) is 36.6 Å². The standard InChI is InChI=1S/C32H29N3O6/c1-31-25(36)17-32(41-31,13-15-40-21-8-4-7-20(16-21)34-14-5-10-26(34)37)28-27(31)29(38)35(30(28)39)24-12-11-19-6-2-3-9-22(19)23(24)18-33/h2-4,6-9,11-12,16,25,27-28,36H,5,10,13-15,17H2,1H3. The molecule has 0 aromatic heterocycles. The zero-order valence-corrected chi connectivity index (χ0v) is 22.6. The Hall–Kier alpha value is -4.26. The summed E-state index contributed by atoms with van der Waals surface area (Å²) < 4.78 is 12.5. The van der Waals surface area contributed by atoms with Crippen LogP contribution in [0.5, 0.6) is 5.75 Å². The second-order valence-corrected chi connectivity index (χ2v) is 11.6. The number of anilines is 2. The molecule has 3 aromatic rings. The second-order valence-electron chi connectivity index (χ2n) is 11.6. The number of nitriles is 1. The van der Waals surface area contributed by atoms with Gasteiger partial charge in [0.2, 0.25) is 17.7 Å². The molecule has 5 unspecified atom stereocenters. The van der Waals surface area contributed by atoms with Crippen LogP contribution in [0.1, 0.15) is 38.2 Å². The summed E-state index contributed by atoms with van der Waals surface area (Å²) in [5, 5.41) is 22.6. The van der Waals surface area contributed by atoms with Crippen LogP contribution >= 0.6 is 0 Å². The fourth-order valence-electron chi connectivity index (χ4n) is 7.43. The molecule has 7 rings (SSSR count). The molecule has 0 spiro atoms. The molecular weight excluding hydrogens is 522 g/mol. The molecule has 208 valence electrons. The van der Waals surface area contributed by atoms with Gasteiger partial charge in [-0.1, -0.05) is 36.4 Å². The number of carbonyl (C=O) groups is 3. The van der Waals surface area contributed by atoms with Crippen molar-refractivity contribution in [2.45, 2.75) is 49.9 Å². The predicted molar refractivity (Wildman–Crippen MR) is 149 cm³/mol. The van der Waals surface area contributed by atoms with Gasteiger partial charge >= 0.3 is 0 Å². The number of fused-ring (bicyclic) bond motifs is 6. The molecule has 0 radical (unpaired) electrons. The molecular formula is C32H29N3O6. The first-order valence-corrected chi connectivity index (χ1v) is 14.0. The smallest absolute Gasteiger partial charge is 0.240 e. The van der Waals surface area contributed by atoms with Crippen LogP contribution in [0.15, 0.2) is 60.7 Å². The average Bonchev–Trinajstić information content (AvgIpc) is 3.66. The largest absolute Gasteiger partial charge is 0.493 e. The van der Waals surface area contributed by atoms with Gasteiger partial charge in [-0.15, -0.1) is 0 Å². The van der Waals surface area contributed by atoms with E-state index in [0.29, 0.717) is 24.1 Å². The minimum absolute atomic E-state index is 0.0885. The van der Waals surface area contributed by atoms with Gasteiger partial charge in [-0.05, 0) is 36.9 Å². The molecule has 0 saturated carbocycles. The van der Waals surface area contributed by atoms with Crippen molar-refractivity contribution in [3.63, 3.8) is 0 Å². The number of carbonyl (C=O) groups excluding carboxylic acids is 3. The van der Waals surface area contributed by atoms with Crippen LogP contribution in [0, 0.1) is 23.2 Å². The Balaban J connectivity index is 1.17. The number of aliphatic hydroxyl groups excluding tert-OH is 1. The van der Waals surface area contributed by atoms with Gasteiger partial charge in [-0.2, -0.15) is 5.26 Å². The normalized spacial score (nSPS) is 30.4. The van der Waals surface area contributed by atoms with Gasteiger partial charge in [0.25, 0.3) is 0 Å². The summed E-state index contributed by atoms with van der Waals surface area (Å²) >= 11 is 0. The monoisotopic (exact) mass is 551 g/mol. The van der Waals surface area contributed by atoms with Crippen molar-refractivity contribution in [3.8, 4) is 11.8 Å². The fourth-order valence-corrected chi connectivity index (χ4v) is 7.43. The van der Waals surface area contributed by atoms with E-state index in [2.05, 4.69) is 6.07 Å². The van der Waals surface area contributed by atoms with Crippen LogP contribution < -0.4 is 14.5 Å². The Morgan fingerprint density at radius 3 is 2.66 bits per heavy atom. The summed E-state index contributed by atoms with van der Waals surface area (Å²) in [6, 6.07) is 20.3. The highest BCUT2D eigenvalue weighted by atomic mass is 16.6. The first-order chi connectivity index (χ1) is 19.8. The lowest BCUT2D eigenvalue weighted by Crippen LogP contribution is -2.49. The Morgan fingerprint density at radius 1 is 1.07 bits per heavy atom. The molecule has 4 heterocycles. The molecule has 2 bridgehead atoms. The Labute approximate surface area is 236 Å². The van der Waals surface area contributed by atoms with Gasteiger partial charge in [0.1, 0.15) is 17.4 Å². The molecule has 9 heteroatoms. The molecule has 4 fully saturated rings. The number of nitrogens with zero attached hydrogens (tertiary/aromatic N) is 3. The van der Waals surface area contributed by atoms with Crippen molar-refractivity contribution in [2.75, 3.05) is 23.0 Å². The highest BCUT2D eigenvalue weighted by molar-refractivity contribution is 6.24. The third-order valence-electron chi connectivity index (χ3n) is 9.37. The van der Waals surface area contributed by atoms with Crippen molar-refractivity contribution in [2.24, 2.45) is 11.8 Å². The summed E-state index contributed by atoms with van der Waals surface area (Å²) in [5.41, 5.74) is -1.02. The zero-order valence-electron chi connectivity index (χ0n) is 22.6. The van der Waals surface area contributed by atoms with E-state index in [1.165, 1.54) is 0 Å². The molecule has 4 aliphatic rings. The third kappa shape index (κ3) is 3.64. The Kier molecular flexibility index (Phi) is 5.72. The molecule has 9 nitrogen and oxygen atoms in total. The van der Waals surface area contributed by atoms with E-state index >= 15 is 0 Å². The summed E-state index contributed by atoms with van der Waals surface area (Å²) in [6.07, 6.45) is 0.909.